The molecule has 182 valence electrons. The van der Waals surface area contributed by atoms with Gasteiger partial charge in [-0.05, 0) is 49.4 Å². The van der Waals surface area contributed by atoms with Gasteiger partial charge >= 0.3 is 0 Å². The van der Waals surface area contributed by atoms with E-state index in [0.717, 1.165) is 6.07 Å². The highest BCUT2D eigenvalue weighted by molar-refractivity contribution is 8.14. The molecule has 2 aromatic rings. The summed E-state index contributed by atoms with van der Waals surface area (Å²) in [6.45, 7) is 6.11. The second-order valence-electron chi connectivity index (χ2n) is 7.89. The summed E-state index contributed by atoms with van der Waals surface area (Å²) in [7, 11) is 0. The first-order valence-corrected chi connectivity index (χ1v) is 11.1. The standard InChI is InChI=1S/C23H26F3N5O2S/c1-6-12(2)33-19-11-29-18(10-30-19)20(32)31-15-7-8-17(24)16(9-15)13(3)14(4)23(5,21(25)26)34-22(27)28/h1,7-14,21H,2-5H3,(H3,27,28)(H,31,32)/t12-,13-,14?,23-/m0/s1. The number of benzene rings is 1. The molecule has 0 aliphatic rings. The number of hydrogen-bond donors (Lipinski definition) is 3. The zero-order valence-electron chi connectivity index (χ0n) is 19.1. The summed E-state index contributed by atoms with van der Waals surface area (Å²) in [4.78, 5) is 20.5. The Bertz CT molecular complexity index is 1080. The van der Waals surface area contributed by atoms with Crippen molar-refractivity contribution in [1.29, 1.82) is 5.41 Å². The Morgan fingerprint density at radius 1 is 1.29 bits per heavy atom. The van der Waals surface area contributed by atoms with E-state index >= 15 is 0 Å². The van der Waals surface area contributed by atoms with Crippen LogP contribution in [0, 0.1) is 29.5 Å². The summed E-state index contributed by atoms with van der Waals surface area (Å²) in [5.41, 5.74) is 5.73. The third kappa shape index (κ3) is 6.41. The summed E-state index contributed by atoms with van der Waals surface area (Å²) < 4.78 is 46.0. The van der Waals surface area contributed by atoms with Crippen molar-refractivity contribution in [1.82, 2.24) is 9.97 Å². The molecule has 1 heterocycles. The van der Waals surface area contributed by atoms with E-state index < -0.39 is 46.0 Å². The highest BCUT2D eigenvalue weighted by atomic mass is 32.2. The first-order valence-electron chi connectivity index (χ1n) is 10.3. The Labute approximate surface area is 200 Å². The number of amidine groups is 1. The van der Waals surface area contributed by atoms with Crippen LogP contribution in [0.25, 0.3) is 0 Å². The van der Waals surface area contributed by atoms with Gasteiger partial charge in [0.15, 0.2) is 11.3 Å². The molecule has 0 bridgehead atoms. The van der Waals surface area contributed by atoms with Crippen LogP contribution in [-0.2, 0) is 0 Å². The number of carbonyl (C=O) groups is 1. The van der Waals surface area contributed by atoms with Crippen molar-refractivity contribution in [3.05, 3.63) is 47.7 Å². The molecule has 0 aliphatic heterocycles. The van der Waals surface area contributed by atoms with Gasteiger partial charge in [0.1, 0.15) is 11.5 Å². The zero-order valence-corrected chi connectivity index (χ0v) is 19.9. The summed E-state index contributed by atoms with van der Waals surface area (Å²) in [5, 5.41) is 9.58. The molecule has 7 nitrogen and oxygen atoms in total. The van der Waals surface area contributed by atoms with Crippen LogP contribution in [0.5, 0.6) is 5.88 Å². The van der Waals surface area contributed by atoms with Crippen LogP contribution in [0.15, 0.2) is 30.6 Å². The number of amides is 1. The average Bonchev–Trinajstić information content (AvgIpc) is 2.79. The molecule has 4 N–H and O–H groups in total. The van der Waals surface area contributed by atoms with Gasteiger partial charge in [0.25, 0.3) is 12.3 Å². The topological polar surface area (TPSA) is 114 Å². The maximum atomic E-state index is 14.6. The molecule has 4 atom stereocenters. The number of anilines is 1. The lowest BCUT2D eigenvalue weighted by atomic mass is 9.80. The minimum absolute atomic E-state index is 0.0175. The maximum Gasteiger partial charge on any atom is 0.275 e. The zero-order chi connectivity index (χ0) is 25.6. The monoisotopic (exact) mass is 493 g/mol. The molecule has 0 fully saturated rings. The van der Waals surface area contributed by atoms with E-state index in [1.807, 2.05) is 0 Å². The molecule has 2 rings (SSSR count). The van der Waals surface area contributed by atoms with Crippen molar-refractivity contribution in [2.75, 3.05) is 5.32 Å². The largest absolute Gasteiger partial charge is 0.460 e. The van der Waals surface area contributed by atoms with Gasteiger partial charge in [-0.15, -0.1) is 6.42 Å². The molecule has 1 unspecified atom stereocenters. The third-order valence-corrected chi connectivity index (χ3v) is 6.76. The molecule has 11 heteroatoms. The lowest BCUT2D eigenvalue weighted by Gasteiger charge is -2.37. The maximum absolute atomic E-state index is 14.6. The van der Waals surface area contributed by atoms with Gasteiger partial charge in [0.05, 0.1) is 17.1 Å². The van der Waals surface area contributed by atoms with Gasteiger partial charge < -0.3 is 15.8 Å². The smallest absolute Gasteiger partial charge is 0.275 e. The predicted octanol–water partition coefficient (Wildman–Crippen LogP) is 4.66. The number of rotatable bonds is 9. The molecular weight excluding hydrogens is 467 g/mol. The van der Waals surface area contributed by atoms with E-state index in [1.54, 1.807) is 20.8 Å². The van der Waals surface area contributed by atoms with Crippen molar-refractivity contribution < 1.29 is 22.7 Å². The van der Waals surface area contributed by atoms with E-state index in [1.165, 1.54) is 31.5 Å². The van der Waals surface area contributed by atoms with Crippen molar-refractivity contribution >= 4 is 28.5 Å². The predicted molar refractivity (Wildman–Crippen MR) is 127 cm³/mol. The van der Waals surface area contributed by atoms with Crippen molar-refractivity contribution in [2.45, 2.75) is 50.9 Å². The number of halogens is 3. The second kappa shape index (κ2) is 11.2. The van der Waals surface area contributed by atoms with Crippen LogP contribution in [0.3, 0.4) is 0 Å². The fraction of sp³-hybridized carbons (Fsp3) is 0.391. The molecule has 0 saturated carbocycles. The molecular formula is C23H26F3N5O2S. The number of ether oxygens (including phenoxy) is 1. The molecule has 1 amide bonds. The Kier molecular flexibility index (Phi) is 8.93. The highest BCUT2D eigenvalue weighted by Crippen LogP contribution is 2.45. The number of terminal acetylenes is 1. The van der Waals surface area contributed by atoms with Crippen LogP contribution in [0.2, 0.25) is 0 Å². The Balaban J connectivity index is 2.23. The third-order valence-electron chi connectivity index (χ3n) is 5.55. The average molecular weight is 494 g/mol. The fourth-order valence-electron chi connectivity index (χ4n) is 3.21. The first kappa shape index (κ1) is 27.0. The Morgan fingerprint density at radius 2 is 1.97 bits per heavy atom. The summed E-state index contributed by atoms with van der Waals surface area (Å²) >= 11 is 0.548. The van der Waals surface area contributed by atoms with E-state index in [-0.39, 0.29) is 22.8 Å². The van der Waals surface area contributed by atoms with Gasteiger partial charge in [-0.2, -0.15) is 0 Å². The number of nitrogens with two attached hydrogens (primary N) is 1. The van der Waals surface area contributed by atoms with Crippen molar-refractivity contribution in [3.63, 3.8) is 0 Å². The molecule has 1 aromatic heterocycles. The molecule has 0 spiro atoms. The van der Waals surface area contributed by atoms with Crippen LogP contribution in [0.1, 0.15) is 49.7 Å². The number of nitrogens with zero attached hydrogens (tertiary/aromatic N) is 2. The minimum Gasteiger partial charge on any atom is -0.460 e. The van der Waals surface area contributed by atoms with Gasteiger partial charge in [-0.1, -0.05) is 31.5 Å². The number of hydrogen-bond acceptors (Lipinski definition) is 6. The summed E-state index contributed by atoms with van der Waals surface area (Å²) in [6, 6.07) is 3.89. The fourth-order valence-corrected chi connectivity index (χ4v) is 4.17. The SMILES string of the molecule is C#C[C@H](C)Oc1cnc(C(=O)Nc2ccc(F)c([C@@H](C)C(C)[C@](C)(SC(=N)N)C(F)F)c2)cn1. The quantitative estimate of drug-likeness (QED) is 0.266. The van der Waals surface area contributed by atoms with E-state index in [4.69, 9.17) is 22.3 Å². The van der Waals surface area contributed by atoms with Crippen LogP contribution < -0.4 is 15.8 Å². The normalized spacial score (nSPS) is 15.5. The molecule has 0 radical (unpaired) electrons. The number of thioether (sulfide) groups is 1. The second-order valence-corrected chi connectivity index (χ2v) is 9.41. The first-order chi connectivity index (χ1) is 15.9. The molecule has 0 saturated heterocycles. The van der Waals surface area contributed by atoms with E-state index in [2.05, 4.69) is 21.2 Å². The van der Waals surface area contributed by atoms with Gasteiger partial charge in [-0.25, -0.2) is 23.1 Å². The minimum atomic E-state index is -2.81. The molecule has 1 aromatic carbocycles. The lowest BCUT2D eigenvalue weighted by molar-refractivity contribution is 0.0748. The summed E-state index contributed by atoms with van der Waals surface area (Å²) in [6.07, 6.45) is 4.37. The number of carbonyl (C=O) groups excluding carboxylic acids is 1. The van der Waals surface area contributed by atoms with Crippen LogP contribution in [0.4, 0.5) is 18.9 Å². The van der Waals surface area contributed by atoms with E-state index in [0.29, 0.717) is 11.8 Å². The Morgan fingerprint density at radius 3 is 2.50 bits per heavy atom. The van der Waals surface area contributed by atoms with Crippen LogP contribution >= 0.6 is 11.8 Å². The molecule has 34 heavy (non-hydrogen) atoms. The van der Waals surface area contributed by atoms with E-state index in [9.17, 15) is 18.0 Å². The number of alkyl halides is 2. The van der Waals surface area contributed by atoms with Crippen molar-refractivity contribution in [2.24, 2.45) is 11.7 Å². The number of aromatic nitrogens is 2. The highest BCUT2D eigenvalue weighted by Gasteiger charge is 2.45. The lowest BCUT2D eigenvalue weighted by Crippen LogP contribution is -2.42. The van der Waals surface area contributed by atoms with Gasteiger partial charge in [0, 0.05) is 5.69 Å². The van der Waals surface area contributed by atoms with Gasteiger partial charge in [-0.3, -0.25) is 10.2 Å². The Hall–Kier alpha value is -3.26. The van der Waals surface area contributed by atoms with Crippen LogP contribution in [-0.4, -0.2) is 38.3 Å². The molecule has 0 aliphatic carbocycles. The van der Waals surface area contributed by atoms with Gasteiger partial charge in [0.2, 0.25) is 5.88 Å². The van der Waals surface area contributed by atoms with Crippen molar-refractivity contribution in [3.8, 4) is 18.2 Å². The number of nitrogens with one attached hydrogen (secondary N) is 2. The summed E-state index contributed by atoms with van der Waals surface area (Å²) in [5.74, 6) is -0.139.